The van der Waals surface area contributed by atoms with Gasteiger partial charge in [-0.3, -0.25) is 4.79 Å². The van der Waals surface area contributed by atoms with Crippen LogP contribution in [0, 0.1) is 6.92 Å². The van der Waals surface area contributed by atoms with Crippen molar-refractivity contribution in [2.75, 3.05) is 32.2 Å². The number of esters is 1. The number of halogens is 2. The second-order valence-corrected chi connectivity index (χ2v) is 8.10. The van der Waals surface area contributed by atoms with Gasteiger partial charge in [-0.1, -0.05) is 18.2 Å². The van der Waals surface area contributed by atoms with Gasteiger partial charge in [0.2, 0.25) is 11.4 Å². The topological polar surface area (TPSA) is 84.5 Å². The number of nitrogens with zero attached hydrogens (tertiary/aromatic N) is 2. The molecule has 7 nitrogen and oxygen atoms in total. The van der Waals surface area contributed by atoms with Gasteiger partial charge in [0.15, 0.2) is 5.75 Å². The second kappa shape index (κ2) is 8.80. The molecule has 4 rings (SSSR count). The molecule has 1 N–H and O–H groups in total. The summed E-state index contributed by atoms with van der Waals surface area (Å²) in [4.78, 5) is 35.5. The lowest BCUT2D eigenvalue weighted by Crippen LogP contribution is -2.28. The Hall–Kier alpha value is -3.49. The maximum Gasteiger partial charge on any atom is 0.344 e. The summed E-state index contributed by atoms with van der Waals surface area (Å²) >= 11 is 0. The number of alkyl halides is 2. The summed E-state index contributed by atoms with van der Waals surface area (Å²) in [5.41, 5.74) is 0.943. The van der Waals surface area contributed by atoms with Gasteiger partial charge in [0, 0.05) is 36.9 Å². The number of carbonyl (C=O) groups excluding carboxylic acids is 1. The minimum atomic E-state index is -2.74. The van der Waals surface area contributed by atoms with Crippen LogP contribution in [0.2, 0.25) is 0 Å². The van der Waals surface area contributed by atoms with Gasteiger partial charge in [-0.05, 0) is 25.5 Å². The van der Waals surface area contributed by atoms with Crippen LogP contribution < -0.4 is 15.1 Å². The Morgan fingerprint density at radius 1 is 1.18 bits per heavy atom. The van der Waals surface area contributed by atoms with Crippen molar-refractivity contribution in [3.8, 4) is 17.0 Å². The van der Waals surface area contributed by atoms with Crippen molar-refractivity contribution >= 4 is 22.7 Å². The number of H-pyrrole nitrogens is 1. The molecule has 1 saturated heterocycles. The van der Waals surface area contributed by atoms with Crippen LogP contribution in [-0.4, -0.2) is 49.2 Å². The minimum absolute atomic E-state index is 0.00358. The van der Waals surface area contributed by atoms with E-state index in [0.717, 1.165) is 5.39 Å². The van der Waals surface area contributed by atoms with E-state index in [2.05, 4.69) is 4.98 Å². The smallest absolute Gasteiger partial charge is 0.344 e. The van der Waals surface area contributed by atoms with Crippen molar-refractivity contribution in [3.05, 3.63) is 51.8 Å². The molecule has 0 saturated carbocycles. The van der Waals surface area contributed by atoms with Crippen molar-refractivity contribution in [2.24, 2.45) is 0 Å². The molecule has 174 valence electrons. The van der Waals surface area contributed by atoms with E-state index in [-0.39, 0.29) is 36.4 Å². The first-order valence-electron chi connectivity index (χ1n) is 10.7. The van der Waals surface area contributed by atoms with Crippen molar-refractivity contribution in [1.29, 1.82) is 0 Å². The summed E-state index contributed by atoms with van der Waals surface area (Å²) in [7, 11) is 2.53. The number of benzene rings is 1. The summed E-state index contributed by atoms with van der Waals surface area (Å²) in [5.74, 6) is -3.14. The maximum atomic E-state index is 14.1. The van der Waals surface area contributed by atoms with E-state index in [4.69, 9.17) is 14.5 Å². The molecule has 1 aliphatic rings. The third-order valence-electron chi connectivity index (χ3n) is 5.92. The summed E-state index contributed by atoms with van der Waals surface area (Å²) in [6.07, 6.45) is -0.204. The minimum Gasteiger partial charge on any atom is -0.491 e. The highest BCUT2D eigenvalue weighted by atomic mass is 19.3. The lowest BCUT2D eigenvalue weighted by molar-refractivity contribution is -0.0102. The molecule has 1 aliphatic heterocycles. The molecule has 0 spiro atoms. The number of anilines is 1. The van der Waals surface area contributed by atoms with Crippen LogP contribution in [0.15, 0.2) is 35.1 Å². The standard InChI is InChI=1S/C24H25F2N3O4/c1-14-21(32-2)20(30)18(23(31)33-3)19(27-14)16-13-15-7-4-5-8-17(15)28-22(16)29-11-6-9-24(25,26)10-12-29/h4-5,7-8,13H,6,9-12H2,1-3H3,(H,27,30). The lowest BCUT2D eigenvalue weighted by Gasteiger charge is -2.25. The zero-order valence-corrected chi connectivity index (χ0v) is 18.7. The van der Waals surface area contributed by atoms with E-state index >= 15 is 0 Å². The molecule has 3 aromatic rings. The van der Waals surface area contributed by atoms with Crippen molar-refractivity contribution < 1.29 is 23.0 Å². The van der Waals surface area contributed by atoms with Crippen LogP contribution in [0.3, 0.4) is 0 Å². The molecule has 3 heterocycles. The molecule has 1 aromatic carbocycles. The third kappa shape index (κ3) is 4.27. The number of hydrogen-bond acceptors (Lipinski definition) is 6. The molecule has 0 bridgehead atoms. The van der Waals surface area contributed by atoms with Gasteiger partial charge >= 0.3 is 5.97 Å². The monoisotopic (exact) mass is 457 g/mol. The van der Waals surface area contributed by atoms with Gasteiger partial charge in [0.1, 0.15) is 11.4 Å². The van der Waals surface area contributed by atoms with Crippen molar-refractivity contribution in [1.82, 2.24) is 9.97 Å². The Labute approximate surface area is 189 Å². The number of carbonyl (C=O) groups is 1. The zero-order valence-electron chi connectivity index (χ0n) is 18.7. The first kappa shape index (κ1) is 22.7. The average molecular weight is 457 g/mol. The maximum absolute atomic E-state index is 14.1. The zero-order chi connectivity index (χ0) is 23.8. The number of aryl methyl sites for hydroxylation is 1. The fraction of sp³-hybridized carbons (Fsp3) is 0.375. The molecular formula is C24H25F2N3O4. The highest BCUT2D eigenvalue weighted by Gasteiger charge is 2.33. The number of hydrogen-bond donors (Lipinski definition) is 1. The quantitative estimate of drug-likeness (QED) is 0.588. The second-order valence-electron chi connectivity index (χ2n) is 8.10. The third-order valence-corrected chi connectivity index (χ3v) is 5.92. The molecule has 0 aliphatic carbocycles. The van der Waals surface area contributed by atoms with Crippen LogP contribution in [-0.2, 0) is 4.74 Å². The van der Waals surface area contributed by atoms with Crippen LogP contribution in [0.5, 0.6) is 5.75 Å². The van der Waals surface area contributed by atoms with Crippen LogP contribution in [0.1, 0.15) is 35.3 Å². The van der Waals surface area contributed by atoms with Gasteiger partial charge in [0.25, 0.3) is 0 Å². The average Bonchev–Trinajstić information content (AvgIpc) is 2.98. The molecule has 0 radical (unpaired) electrons. The van der Waals surface area contributed by atoms with E-state index in [1.807, 2.05) is 30.3 Å². The fourth-order valence-corrected chi connectivity index (χ4v) is 4.26. The molecular weight excluding hydrogens is 432 g/mol. The largest absolute Gasteiger partial charge is 0.491 e. The van der Waals surface area contributed by atoms with Gasteiger partial charge in [-0.15, -0.1) is 0 Å². The molecule has 0 unspecified atom stereocenters. The van der Waals surface area contributed by atoms with Crippen LogP contribution in [0.4, 0.5) is 14.6 Å². The number of fused-ring (bicyclic) bond motifs is 1. The van der Waals surface area contributed by atoms with E-state index in [0.29, 0.717) is 35.6 Å². The molecule has 2 aromatic heterocycles. The molecule has 33 heavy (non-hydrogen) atoms. The summed E-state index contributed by atoms with van der Waals surface area (Å²) in [5, 5.41) is 0.779. The van der Waals surface area contributed by atoms with E-state index in [1.54, 1.807) is 11.8 Å². The van der Waals surface area contributed by atoms with E-state index in [9.17, 15) is 18.4 Å². The SMILES string of the molecule is COC(=O)c1c(-c2cc3ccccc3nc2N2CCCC(F)(F)CC2)[nH]c(C)c(OC)c1=O. The number of ether oxygens (including phenoxy) is 2. The number of methoxy groups -OCH3 is 2. The Balaban J connectivity index is 2.00. The molecule has 0 amide bonds. The Bertz CT molecular complexity index is 1270. The number of nitrogens with one attached hydrogen (secondary N) is 1. The van der Waals surface area contributed by atoms with Crippen molar-refractivity contribution in [3.63, 3.8) is 0 Å². The fourth-order valence-electron chi connectivity index (χ4n) is 4.26. The summed E-state index contributed by atoms with van der Waals surface area (Å²) in [6, 6.07) is 9.19. The highest BCUT2D eigenvalue weighted by molar-refractivity contribution is 6.00. The predicted octanol–water partition coefficient (Wildman–Crippen LogP) is 4.32. The molecule has 1 fully saturated rings. The normalized spacial score (nSPS) is 15.8. The first-order valence-corrected chi connectivity index (χ1v) is 10.7. The number of aromatic amines is 1. The number of para-hydroxylation sites is 1. The van der Waals surface area contributed by atoms with Gasteiger partial charge in [-0.2, -0.15) is 0 Å². The lowest BCUT2D eigenvalue weighted by atomic mass is 10.0. The van der Waals surface area contributed by atoms with Crippen molar-refractivity contribution in [2.45, 2.75) is 32.1 Å². The van der Waals surface area contributed by atoms with Crippen LogP contribution >= 0.6 is 0 Å². The van der Waals surface area contributed by atoms with E-state index < -0.39 is 17.3 Å². The highest BCUT2D eigenvalue weighted by Crippen LogP contribution is 2.37. The Morgan fingerprint density at radius 2 is 1.94 bits per heavy atom. The molecule has 9 heteroatoms. The predicted molar refractivity (Wildman–Crippen MR) is 121 cm³/mol. The number of pyridine rings is 2. The number of rotatable bonds is 4. The Morgan fingerprint density at radius 3 is 2.67 bits per heavy atom. The Kier molecular flexibility index (Phi) is 6.05. The summed E-state index contributed by atoms with van der Waals surface area (Å²) < 4.78 is 38.2. The molecule has 0 atom stereocenters. The van der Waals surface area contributed by atoms with Gasteiger partial charge in [0.05, 0.1) is 31.1 Å². The van der Waals surface area contributed by atoms with Gasteiger partial charge in [-0.25, -0.2) is 18.6 Å². The number of aromatic nitrogens is 2. The summed E-state index contributed by atoms with van der Waals surface area (Å²) in [6.45, 7) is 2.13. The van der Waals surface area contributed by atoms with E-state index in [1.165, 1.54) is 14.2 Å². The van der Waals surface area contributed by atoms with Crippen LogP contribution in [0.25, 0.3) is 22.2 Å². The van der Waals surface area contributed by atoms with Gasteiger partial charge < -0.3 is 19.4 Å². The first-order chi connectivity index (χ1) is 15.8.